The zero-order valence-electron chi connectivity index (χ0n) is 20.8. The van der Waals surface area contributed by atoms with Gasteiger partial charge in [-0.25, -0.2) is 0 Å². The van der Waals surface area contributed by atoms with Gasteiger partial charge in [0, 0.05) is 37.7 Å². The van der Waals surface area contributed by atoms with E-state index in [1.165, 1.54) is 0 Å². The molecule has 1 atom stereocenters. The zero-order chi connectivity index (χ0) is 24.9. The van der Waals surface area contributed by atoms with Crippen molar-refractivity contribution in [3.05, 3.63) is 78.4 Å². The molecule has 36 heavy (non-hydrogen) atoms. The van der Waals surface area contributed by atoms with Crippen LogP contribution in [-0.4, -0.2) is 64.5 Å². The van der Waals surface area contributed by atoms with Gasteiger partial charge in [0.05, 0.1) is 11.7 Å². The third kappa shape index (κ3) is 5.25. The van der Waals surface area contributed by atoms with Crippen LogP contribution in [0.2, 0.25) is 0 Å². The third-order valence-corrected chi connectivity index (χ3v) is 7.47. The molecule has 0 N–H and O–H groups in total. The third-order valence-electron chi connectivity index (χ3n) is 7.47. The largest absolute Gasteiger partial charge is 0.352 e. The summed E-state index contributed by atoms with van der Waals surface area (Å²) in [6.45, 7) is 4.73. The lowest BCUT2D eigenvalue weighted by molar-refractivity contribution is -0.147. The monoisotopic (exact) mass is 483 g/mol. The SMILES string of the molecule is C[C@H](c1ccccc1)N(CC(=O)N1CCN(c2ccc(-c3ccccc3)nn2)CC1)C(=O)C1CCC1. The smallest absolute Gasteiger partial charge is 0.242 e. The molecule has 2 heterocycles. The molecule has 2 aliphatic rings. The van der Waals surface area contributed by atoms with Crippen molar-refractivity contribution < 1.29 is 9.59 Å². The Morgan fingerprint density at radius 3 is 2.14 bits per heavy atom. The van der Waals surface area contributed by atoms with Gasteiger partial charge in [0.25, 0.3) is 0 Å². The molecule has 2 fully saturated rings. The molecule has 1 aliphatic heterocycles. The number of aromatic nitrogens is 2. The van der Waals surface area contributed by atoms with Crippen molar-refractivity contribution >= 4 is 17.6 Å². The lowest BCUT2D eigenvalue weighted by atomic mass is 9.84. The predicted octanol–water partition coefficient (Wildman–Crippen LogP) is 4.18. The van der Waals surface area contributed by atoms with Gasteiger partial charge in [-0.2, -0.15) is 0 Å². The van der Waals surface area contributed by atoms with Crippen molar-refractivity contribution in [3.63, 3.8) is 0 Å². The van der Waals surface area contributed by atoms with Crippen LogP contribution in [0.15, 0.2) is 72.8 Å². The van der Waals surface area contributed by atoms with Crippen LogP contribution < -0.4 is 4.90 Å². The number of benzene rings is 2. The lowest BCUT2D eigenvalue weighted by Crippen LogP contribution is -2.53. The molecule has 1 aromatic heterocycles. The van der Waals surface area contributed by atoms with Crippen molar-refractivity contribution in [3.8, 4) is 11.3 Å². The van der Waals surface area contributed by atoms with Crippen LogP contribution in [0.25, 0.3) is 11.3 Å². The lowest BCUT2D eigenvalue weighted by Gasteiger charge is -2.39. The van der Waals surface area contributed by atoms with Crippen molar-refractivity contribution in [2.45, 2.75) is 32.2 Å². The number of nitrogens with zero attached hydrogens (tertiary/aromatic N) is 5. The molecule has 1 saturated carbocycles. The summed E-state index contributed by atoms with van der Waals surface area (Å²) in [4.78, 5) is 32.4. The molecule has 1 saturated heterocycles. The van der Waals surface area contributed by atoms with Gasteiger partial charge in [-0.3, -0.25) is 9.59 Å². The Morgan fingerprint density at radius 2 is 1.56 bits per heavy atom. The van der Waals surface area contributed by atoms with E-state index in [1.807, 2.05) is 84.6 Å². The first kappa shape index (κ1) is 24.0. The van der Waals surface area contributed by atoms with E-state index < -0.39 is 0 Å². The highest BCUT2D eigenvalue weighted by Crippen LogP contribution is 2.32. The van der Waals surface area contributed by atoms with Crippen LogP contribution in [0.3, 0.4) is 0 Å². The maximum atomic E-state index is 13.3. The highest BCUT2D eigenvalue weighted by molar-refractivity contribution is 5.87. The Balaban J connectivity index is 1.20. The van der Waals surface area contributed by atoms with Crippen LogP contribution in [-0.2, 0) is 9.59 Å². The summed E-state index contributed by atoms with van der Waals surface area (Å²) in [7, 11) is 0. The topological polar surface area (TPSA) is 69.6 Å². The number of piperazine rings is 1. The fraction of sp³-hybridized carbons (Fsp3) is 0.379. The van der Waals surface area contributed by atoms with Gasteiger partial charge in [0.2, 0.25) is 11.8 Å². The first-order valence-electron chi connectivity index (χ1n) is 12.9. The average molecular weight is 484 g/mol. The molecular formula is C29H33N5O2. The minimum atomic E-state index is -0.136. The Labute approximate surface area is 212 Å². The van der Waals surface area contributed by atoms with E-state index in [2.05, 4.69) is 15.1 Å². The van der Waals surface area contributed by atoms with E-state index >= 15 is 0 Å². The van der Waals surface area contributed by atoms with E-state index in [4.69, 9.17) is 0 Å². The molecule has 3 aromatic rings. The Kier molecular flexibility index (Phi) is 7.26. The number of carbonyl (C=O) groups excluding carboxylic acids is 2. The Morgan fingerprint density at radius 1 is 0.889 bits per heavy atom. The van der Waals surface area contributed by atoms with E-state index in [-0.39, 0.29) is 30.3 Å². The average Bonchev–Trinajstić information content (AvgIpc) is 2.91. The summed E-state index contributed by atoms with van der Waals surface area (Å²) < 4.78 is 0. The van der Waals surface area contributed by atoms with E-state index in [0.717, 1.165) is 41.9 Å². The Hall–Kier alpha value is -3.74. The standard InChI is InChI=1S/C29H33N5O2/c1-22(23-9-4-2-5-10-23)34(29(36)25-13-8-14-25)21-28(35)33-19-17-32(18-20-33)27-16-15-26(30-31-27)24-11-6-3-7-12-24/h2-7,9-12,15-16,22,25H,8,13-14,17-21H2,1H3/t22-/m1/s1. The van der Waals surface area contributed by atoms with Crippen molar-refractivity contribution in [2.75, 3.05) is 37.6 Å². The molecule has 0 bridgehead atoms. The summed E-state index contributed by atoms with van der Waals surface area (Å²) in [6.07, 6.45) is 2.94. The number of carbonyl (C=O) groups is 2. The second-order valence-electron chi connectivity index (χ2n) is 9.69. The summed E-state index contributed by atoms with van der Waals surface area (Å²) in [5, 5.41) is 8.83. The fourth-order valence-electron chi connectivity index (χ4n) is 4.89. The number of anilines is 1. The Bertz CT molecular complexity index is 1160. The second-order valence-corrected chi connectivity index (χ2v) is 9.69. The fourth-order valence-corrected chi connectivity index (χ4v) is 4.89. The number of hydrogen-bond acceptors (Lipinski definition) is 5. The van der Waals surface area contributed by atoms with Gasteiger partial charge < -0.3 is 14.7 Å². The molecule has 2 amide bonds. The summed E-state index contributed by atoms with van der Waals surface area (Å²) >= 11 is 0. The van der Waals surface area contributed by atoms with E-state index in [9.17, 15) is 9.59 Å². The highest BCUT2D eigenvalue weighted by atomic mass is 16.2. The predicted molar refractivity (Wildman–Crippen MR) is 140 cm³/mol. The van der Waals surface area contributed by atoms with Gasteiger partial charge in [0.15, 0.2) is 5.82 Å². The van der Waals surface area contributed by atoms with Gasteiger partial charge in [-0.15, -0.1) is 10.2 Å². The zero-order valence-corrected chi connectivity index (χ0v) is 20.8. The van der Waals surface area contributed by atoms with Crippen LogP contribution >= 0.6 is 0 Å². The van der Waals surface area contributed by atoms with Crippen LogP contribution in [0.1, 0.15) is 37.8 Å². The first-order chi connectivity index (χ1) is 17.6. The summed E-state index contributed by atoms with van der Waals surface area (Å²) in [5.41, 5.74) is 2.94. The summed E-state index contributed by atoms with van der Waals surface area (Å²) in [6, 6.07) is 23.8. The molecule has 0 unspecified atom stereocenters. The summed E-state index contributed by atoms with van der Waals surface area (Å²) in [5.74, 6) is 0.994. The van der Waals surface area contributed by atoms with Crippen LogP contribution in [0.4, 0.5) is 5.82 Å². The quantitative estimate of drug-likeness (QED) is 0.504. The minimum absolute atomic E-state index is 0.00983. The van der Waals surface area contributed by atoms with Gasteiger partial charge >= 0.3 is 0 Å². The molecule has 0 radical (unpaired) electrons. The molecule has 0 spiro atoms. The normalized spacial score (nSPS) is 16.8. The van der Waals surface area contributed by atoms with Gasteiger partial charge in [-0.05, 0) is 37.5 Å². The first-order valence-corrected chi connectivity index (χ1v) is 12.9. The maximum Gasteiger partial charge on any atom is 0.242 e. The maximum absolute atomic E-state index is 13.3. The molecule has 7 heteroatoms. The molecule has 1 aliphatic carbocycles. The van der Waals surface area contributed by atoms with E-state index in [1.54, 1.807) is 4.90 Å². The van der Waals surface area contributed by atoms with Crippen LogP contribution in [0.5, 0.6) is 0 Å². The number of hydrogen-bond donors (Lipinski definition) is 0. The van der Waals surface area contributed by atoms with Crippen molar-refractivity contribution in [1.82, 2.24) is 20.0 Å². The molecule has 7 nitrogen and oxygen atoms in total. The molecule has 186 valence electrons. The molecular weight excluding hydrogens is 450 g/mol. The van der Waals surface area contributed by atoms with Crippen molar-refractivity contribution in [2.24, 2.45) is 5.92 Å². The highest BCUT2D eigenvalue weighted by Gasteiger charge is 2.34. The molecule has 5 rings (SSSR count). The van der Waals surface area contributed by atoms with Crippen LogP contribution in [0, 0.1) is 5.92 Å². The molecule has 2 aromatic carbocycles. The number of rotatable bonds is 7. The minimum Gasteiger partial charge on any atom is -0.352 e. The van der Waals surface area contributed by atoms with Gasteiger partial charge in [-0.1, -0.05) is 67.1 Å². The van der Waals surface area contributed by atoms with E-state index in [0.29, 0.717) is 26.2 Å². The van der Waals surface area contributed by atoms with Crippen molar-refractivity contribution in [1.29, 1.82) is 0 Å². The number of amides is 2. The van der Waals surface area contributed by atoms with Gasteiger partial charge in [0.1, 0.15) is 6.54 Å². The second kappa shape index (κ2) is 10.9.